The number of nitrogens with two attached hydrogens (primary N) is 1. The largest absolute Gasteiger partial charge is 0.477 e. The third kappa shape index (κ3) is 4.21. The van der Waals surface area contributed by atoms with Crippen LogP contribution in [0.5, 0.6) is 5.88 Å². The fourth-order valence-electron chi connectivity index (χ4n) is 1.44. The van der Waals surface area contributed by atoms with Gasteiger partial charge < -0.3 is 20.6 Å². The highest BCUT2D eigenvalue weighted by molar-refractivity contribution is 5.99. The monoisotopic (exact) mass is 252 g/mol. The Morgan fingerprint density at radius 2 is 2.22 bits per heavy atom. The van der Waals surface area contributed by atoms with Gasteiger partial charge in [0, 0.05) is 12.2 Å². The minimum absolute atomic E-state index is 0.00473. The second kappa shape index (κ2) is 6.80. The van der Waals surface area contributed by atoms with Crippen LogP contribution in [-0.2, 0) is 0 Å². The molecule has 0 aliphatic heterocycles. The van der Waals surface area contributed by atoms with Gasteiger partial charge in [0.25, 0.3) is 0 Å². The molecule has 0 amide bonds. The molecule has 0 atom stereocenters. The SMILES string of the molecule is Cc1ccc(C(N)=NO)c(OCCCN(C)C)n1. The van der Waals surface area contributed by atoms with Crippen LogP contribution < -0.4 is 10.5 Å². The van der Waals surface area contributed by atoms with Crippen LogP contribution in [0.4, 0.5) is 0 Å². The van der Waals surface area contributed by atoms with Crippen molar-refractivity contribution in [3.63, 3.8) is 0 Å². The lowest BCUT2D eigenvalue weighted by atomic mass is 10.2. The molecule has 0 unspecified atom stereocenters. The molecule has 0 radical (unpaired) electrons. The zero-order valence-corrected chi connectivity index (χ0v) is 11.1. The van der Waals surface area contributed by atoms with E-state index in [0.29, 0.717) is 18.1 Å². The predicted octanol–water partition coefficient (Wildman–Crippen LogP) is 0.815. The summed E-state index contributed by atoms with van der Waals surface area (Å²) in [5.74, 6) is 0.411. The Morgan fingerprint density at radius 3 is 2.83 bits per heavy atom. The van der Waals surface area contributed by atoms with Crippen LogP contribution in [0.2, 0.25) is 0 Å². The Kier molecular flexibility index (Phi) is 5.38. The van der Waals surface area contributed by atoms with Gasteiger partial charge in [-0.1, -0.05) is 5.16 Å². The van der Waals surface area contributed by atoms with Crippen molar-refractivity contribution in [2.45, 2.75) is 13.3 Å². The van der Waals surface area contributed by atoms with E-state index in [0.717, 1.165) is 18.7 Å². The molecule has 100 valence electrons. The molecule has 18 heavy (non-hydrogen) atoms. The van der Waals surface area contributed by atoms with E-state index in [2.05, 4.69) is 15.0 Å². The molecule has 0 bridgehead atoms. The highest BCUT2D eigenvalue weighted by atomic mass is 16.5. The van der Waals surface area contributed by atoms with Crippen LogP contribution >= 0.6 is 0 Å². The van der Waals surface area contributed by atoms with Gasteiger partial charge in [0.15, 0.2) is 5.84 Å². The quantitative estimate of drug-likeness (QED) is 0.257. The number of aryl methyl sites for hydroxylation is 1. The molecular weight excluding hydrogens is 232 g/mol. The van der Waals surface area contributed by atoms with E-state index >= 15 is 0 Å². The van der Waals surface area contributed by atoms with Gasteiger partial charge in [-0.2, -0.15) is 0 Å². The highest BCUT2D eigenvalue weighted by Crippen LogP contribution is 2.16. The Morgan fingerprint density at radius 1 is 1.50 bits per heavy atom. The lowest BCUT2D eigenvalue weighted by Crippen LogP contribution is -2.18. The number of pyridine rings is 1. The minimum Gasteiger partial charge on any atom is -0.477 e. The Bertz CT molecular complexity index is 419. The van der Waals surface area contributed by atoms with Crippen LogP contribution in [-0.4, -0.2) is 48.2 Å². The maximum atomic E-state index is 8.70. The number of hydrogen-bond acceptors (Lipinski definition) is 5. The van der Waals surface area contributed by atoms with Crippen LogP contribution in [0, 0.1) is 6.92 Å². The van der Waals surface area contributed by atoms with Gasteiger partial charge in [-0.05, 0) is 39.6 Å². The molecule has 0 aliphatic carbocycles. The predicted molar refractivity (Wildman–Crippen MR) is 70.2 cm³/mol. The molecule has 0 saturated carbocycles. The average molecular weight is 252 g/mol. The van der Waals surface area contributed by atoms with Crippen LogP contribution in [0.3, 0.4) is 0 Å². The van der Waals surface area contributed by atoms with Crippen molar-refractivity contribution in [3.8, 4) is 5.88 Å². The molecule has 3 N–H and O–H groups in total. The van der Waals surface area contributed by atoms with E-state index in [1.54, 1.807) is 12.1 Å². The minimum atomic E-state index is 0.00473. The molecular formula is C12H20N4O2. The van der Waals surface area contributed by atoms with Crippen molar-refractivity contribution >= 4 is 5.84 Å². The van der Waals surface area contributed by atoms with Gasteiger partial charge in [0.05, 0.1) is 12.2 Å². The molecule has 0 aromatic carbocycles. The van der Waals surface area contributed by atoms with E-state index in [9.17, 15) is 0 Å². The first-order valence-electron chi connectivity index (χ1n) is 5.77. The summed E-state index contributed by atoms with van der Waals surface area (Å²) in [6.07, 6.45) is 0.887. The summed E-state index contributed by atoms with van der Waals surface area (Å²) in [5, 5.41) is 11.7. The van der Waals surface area contributed by atoms with E-state index in [1.807, 2.05) is 21.0 Å². The average Bonchev–Trinajstić information content (AvgIpc) is 2.33. The van der Waals surface area contributed by atoms with Crippen molar-refractivity contribution in [1.29, 1.82) is 0 Å². The van der Waals surface area contributed by atoms with Gasteiger partial charge in [-0.3, -0.25) is 0 Å². The number of nitrogens with zero attached hydrogens (tertiary/aromatic N) is 3. The van der Waals surface area contributed by atoms with Gasteiger partial charge >= 0.3 is 0 Å². The van der Waals surface area contributed by atoms with E-state index in [4.69, 9.17) is 15.7 Å². The van der Waals surface area contributed by atoms with Crippen molar-refractivity contribution < 1.29 is 9.94 Å². The number of hydrogen-bond donors (Lipinski definition) is 2. The van der Waals surface area contributed by atoms with Crippen LogP contribution in [0.25, 0.3) is 0 Å². The third-order valence-corrected chi connectivity index (χ3v) is 2.37. The summed E-state index contributed by atoms with van der Waals surface area (Å²) >= 11 is 0. The summed E-state index contributed by atoms with van der Waals surface area (Å²) in [4.78, 5) is 6.33. The second-order valence-corrected chi connectivity index (χ2v) is 4.30. The molecule has 1 rings (SSSR count). The zero-order chi connectivity index (χ0) is 13.5. The number of amidine groups is 1. The second-order valence-electron chi connectivity index (χ2n) is 4.30. The Balaban J connectivity index is 2.71. The molecule has 0 aliphatic rings. The summed E-state index contributed by atoms with van der Waals surface area (Å²) < 4.78 is 5.58. The topological polar surface area (TPSA) is 84.0 Å². The van der Waals surface area contributed by atoms with Gasteiger partial charge in [0.1, 0.15) is 0 Å². The lowest BCUT2D eigenvalue weighted by molar-refractivity contribution is 0.272. The van der Waals surface area contributed by atoms with Crippen molar-refractivity contribution in [2.24, 2.45) is 10.9 Å². The molecule has 0 spiro atoms. The third-order valence-electron chi connectivity index (χ3n) is 2.37. The Hall–Kier alpha value is -1.82. The molecule has 0 saturated heterocycles. The molecule has 1 aromatic heterocycles. The number of oxime groups is 1. The van der Waals surface area contributed by atoms with E-state index in [1.165, 1.54) is 0 Å². The molecule has 6 nitrogen and oxygen atoms in total. The molecule has 1 heterocycles. The standard InChI is InChI=1S/C12H20N4O2/c1-9-5-6-10(11(13)15-17)12(14-9)18-8-4-7-16(2)3/h5-6,17H,4,7-8H2,1-3H3,(H2,13,15). The fourth-order valence-corrected chi connectivity index (χ4v) is 1.44. The van der Waals surface area contributed by atoms with Crippen molar-refractivity contribution in [3.05, 3.63) is 23.4 Å². The van der Waals surface area contributed by atoms with Crippen LogP contribution in [0.15, 0.2) is 17.3 Å². The van der Waals surface area contributed by atoms with Crippen LogP contribution in [0.1, 0.15) is 17.7 Å². The van der Waals surface area contributed by atoms with E-state index < -0.39 is 0 Å². The molecule has 1 aromatic rings. The van der Waals surface area contributed by atoms with Gasteiger partial charge in [-0.25, -0.2) is 4.98 Å². The van der Waals surface area contributed by atoms with Gasteiger partial charge in [-0.15, -0.1) is 0 Å². The normalized spacial score (nSPS) is 11.9. The first kappa shape index (κ1) is 14.2. The number of ether oxygens (including phenoxy) is 1. The highest BCUT2D eigenvalue weighted by Gasteiger charge is 2.10. The smallest absolute Gasteiger partial charge is 0.224 e. The summed E-state index contributed by atoms with van der Waals surface area (Å²) in [5.41, 5.74) is 6.90. The number of rotatable bonds is 6. The van der Waals surface area contributed by atoms with E-state index in [-0.39, 0.29) is 5.84 Å². The summed E-state index contributed by atoms with van der Waals surface area (Å²) in [6, 6.07) is 3.53. The maximum Gasteiger partial charge on any atom is 0.224 e. The van der Waals surface area contributed by atoms with Crippen molar-refractivity contribution in [1.82, 2.24) is 9.88 Å². The molecule has 0 fully saturated rings. The summed E-state index contributed by atoms with van der Waals surface area (Å²) in [6.45, 7) is 3.34. The maximum absolute atomic E-state index is 8.70. The van der Waals surface area contributed by atoms with Crippen molar-refractivity contribution in [2.75, 3.05) is 27.2 Å². The fraction of sp³-hybridized carbons (Fsp3) is 0.500. The van der Waals surface area contributed by atoms with Gasteiger partial charge in [0.2, 0.25) is 5.88 Å². The first-order chi connectivity index (χ1) is 8.54. The summed E-state index contributed by atoms with van der Waals surface area (Å²) in [7, 11) is 4.01. The zero-order valence-electron chi connectivity index (χ0n) is 11.1. The lowest BCUT2D eigenvalue weighted by Gasteiger charge is -2.12. The Labute approximate surface area is 107 Å². The first-order valence-corrected chi connectivity index (χ1v) is 5.77. The number of aromatic nitrogens is 1. The molecule has 6 heteroatoms.